The normalized spacial score (nSPS) is 16.7. The van der Waals surface area contributed by atoms with Crippen molar-refractivity contribution in [3.05, 3.63) is 46.2 Å². The highest BCUT2D eigenvalue weighted by atomic mass is 16.1. The van der Waals surface area contributed by atoms with Gasteiger partial charge in [0.05, 0.1) is 0 Å². The van der Waals surface area contributed by atoms with Gasteiger partial charge in [-0.2, -0.15) is 0 Å². The predicted octanol–water partition coefficient (Wildman–Crippen LogP) is 2.12. The summed E-state index contributed by atoms with van der Waals surface area (Å²) >= 11 is 0. The van der Waals surface area contributed by atoms with Gasteiger partial charge in [0.25, 0.3) is 0 Å². The number of benzene rings is 1. The number of para-hydroxylation sites is 1. The third-order valence-corrected chi connectivity index (χ3v) is 3.46. The molecule has 2 heterocycles. The average Bonchev–Trinajstić information content (AvgIpc) is 2.86. The van der Waals surface area contributed by atoms with Crippen molar-refractivity contribution in [2.75, 3.05) is 13.1 Å². The second kappa shape index (κ2) is 4.34. The van der Waals surface area contributed by atoms with Gasteiger partial charge in [0.15, 0.2) is 5.43 Å². The van der Waals surface area contributed by atoms with E-state index in [4.69, 9.17) is 0 Å². The molecule has 3 heteroatoms. The number of fused-ring (bicyclic) bond motifs is 1. The molecule has 0 radical (unpaired) electrons. The standard InChI is InChI=1S/C14H16N2O/c17-14-11(10-16-7-3-4-8-16)9-15-13-6-2-1-5-12(13)14/h1-2,5-6,9H,3-4,7-8,10H2,(H,15,17). The first-order chi connectivity index (χ1) is 8.34. The molecule has 3 nitrogen and oxygen atoms in total. The minimum Gasteiger partial charge on any atom is -0.361 e. The van der Waals surface area contributed by atoms with E-state index in [2.05, 4.69) is 9.88 Å². The fourth-order valence-corrected chi connectivity index (χ4v) is 2.51. The molecule has 17 heavy (non-hydrogen) atoms. The SMILES string of the molecule is O=c1c(CN2CCCC2)c[nH]c2ccccc12. The van der Waals surface area contributed by atoms with Crippen LogP contribution in [0.4, 0.5) is 0 Å². The average molecular weight is 228 g/mol. The van der Waals surface area contributed by atoms with Crippen LogP contribution in [0, 0.1) is 0 Å². The Balaban J connectivity index is 1.99. The van der Waals surface area contributed by atoms with Gasteiger partial charge in [0.1, 0.15) is 0 Å². The molecule has 1 aliphatic heterocycles. The number of H-pyrrole nitrogens is 1. The number of hydrogen-bond acceptors (Lipinski definition) is 2. The summed E-state index contributed by atoms with van der Waals surface area (Å²) < 4.78 is 0. The van der Waals surface area contributed by atoms with Crippen LogP contribution in [0.5, 0.6) is 0 Å². The lowest BCUT2D eigenvalue weighted by Crippen LogP contribution is -2.23. The molecule has 2 aromatic rings. The van der Waals surface area contributed by atoms with Crippen LogP contribution in [0.25, 0.3) is 10.9 Å². The van der Waals surface area contributed by atoms with Crippen LogP contribution in [0.3, 0.4) is 0 Å². The van der Waals surface area contributed by atoms with Gasteiger partial charge in [-0.25, -0.2) is 0 Å². The highest BCUT2D eigenvalue weighted by Crippen LogP contribution is 2.12. The Labute approximate surface area is 100 Å². The first kappa shape index (κ1) is 10.5. The maximum absolute atomic E-state index is 12.3. The molecule has 88 valence electrons. The van der Waals surface area contributed by atoms with Crippen molar-refractivity contribution in [1.29, 1.82) is 0 Å². The van der Waals surface area contributed by atoms with Crippen molar-refractivity contribution in [3.8, 4) is 0 Å². The minimum atomic E-state index is 0.172. The number of aromatic amines is 1. The highest BCUT2D eigenvalue weighted by Gasteiger charge is 2.14. The zero-order valence-corrected chi connectivity index (χ0v) is 9.78. The Morgan fingerprint density at radius 1 is 1.18 bits per heavy atom. The van der Waals surface area contributed by atoms with E-state index in [1.807, 2.05) is 30.5 Å². The third kappa shape index (κ3) is 1.98. The summed E-state index contributed by atoms with van der Waals surface area (Å²) in [5.41, 5.74) is 1.97. The van der Waals surface area contributed by atoms with Crippen molar-refractivity contribution in [1.82, 2.24) is 9.88 Å². The van der Waals surface area contributed by atoms with Crippen LogP contribution in [0.15, 0.2) is 35.3 Å². The number of nitrogens with zero attached hydrogens (tertiary/aromatic N) is 1. The molecule has 1 aromatic carbocycles. The number of nitrogens with one attached hydrogen (secondary N) is 1. The quantitative estimate of drug-likeness (QED) is 0.854. The summed E-state index contributed by atoms with van der Waals surface area (Å²) in [6.07, 6.45) is 4.37. The topological polar surface area (TPSA) is 36.1 Å². The Hall–Kier alpha value is -1.61. The summed E-state index contributed by atoms with van der Waals surface area (Å²) in [6, 6.07) is 7.69. The van der Waals surface area contributed by atoms with Crippen LogP contribution in [0.1, 0.15) is 18.4 Å². The Morgan fingerprint density at radius 3 is 2.76 bits per heavy atom. The van der Waals surface area contributed by atoms with Gasteiger partial charge in [-0.15, -0.1) is 0 Å². The van der Waals surface area contributed by atoms with E-state index in [9.17, 15) is 4.79 Å². The Morgan fingerprint density at radius 2 is 1.94 bits per heavy atom. The van der Waals surface area contributed by atoms with E-state index in [1.165, 1.54) is 12.8 Å². The number of hydrogen-bond donors (Lipinski definition) is 1. The van der Waals surface area contributed by atoms with E-state index >= 15 is 0 Å². The van der Waals surface area contributed by atoms with Crippen molar-refractivity contribution in [2.45, 2.75) is 19.4 Å². The molecular weight excluding hydrogens is 212 g/mol. The van der Waals surface area contributed by atoms with Gasteiger partial charge >= 0.3 is 0 Å². The molecule has 0 spiro atoms. The lowest BCUT2D eigenvalue weighted by atomic mass is 10.1. The zero-order chi connectivity index (χ0) is 11.7. The maximum Gasteiger partial charge on any atom is 0.193 e. The Bertz CT molecular complexity index is 582. The summed E-state index contributed by atoms with van der Waals surface area (Å²) in [6.45, 7) is 3.01. The first-order valence-corrected chi connectivity index (χ1v) is 6.16. The molecule has 0 unspecified atom stereocenters. The van der Waals surface area contributed by atoms with E-state index < -0.39 is 0 Å². The van der Waals surface area contributed by atoms with Crippen molar-refractivity contribution in [3.63, 3.8) is 0 Å². The van der Waals surface area contributed by atoms with Crippen LogP contribution in [-0.2, 0) is 6.54 Å². The molecular formula is C14H16N2O. The summed E-state index contributed by atoms with van der Waals surface area (Å²) in [4.78, 5) is 17.8. The van der Waals surface area contributed by atoms with E-state index in [1.54, 1.807) is 0 Å². The van der Waals surface area contributed by atoms with E-state index in [0.29, 0.717) is 0 Å². The molecule has 0 bridgehead atoms. The summed E-state index contributed by atoms with van der Waals surface area (Å²) in [5, 5.41) is 0.796. The molecule has 1 aromatic heterocycles. The van der Waals surface area contributed by atoms with Crippen LogP contribution >= 0.6 is 0 Å². The first-order valence-electron chi connectivity index (χ1n) is 6.16. The predicted molar refractivity (Wildman–Crippen MR) is 69.1 cm³/mol. The Kier molecular flexibility index (Phi) is 2.69. The molecule has 0 atom stereocenters. The van der Waals surface area contributed by atoms with Crippen molar-refractivity contribution < 1.29 is 0 Å². The number of pyridine rings is 1. The van der Waals surface area contributed by atoms with E-state index in [-0.39, 0.29) is 5.43 Å². The number of aromatic nitrogens is 1. The van der Waals surface area contributed by atoms with Gasteiger partial charge in [0.2, 0.25) is 0 Å². The summed E-state index contributed by atoms with van der Waals surface area (Å²) in [5.74, 6) is 0. The van der Waals surface area contributed by atoms with Crippen LogP contribution in [0.2, 0.25) is 0 Å². The van der Waals surface area contributed by atoms with Gasteiger partial charge in [-0.1, -0.05) is 12.1 Å². The monoisotopic (exact) mass is 228 g/mol. The fraction of sp³-hybridized carbons (Fsp3) is 0.357. The molecule has 1 saturated heterocycles. The van der Waals surface area contributed by atoms with E-state index in [0.717, 1.165) is 36.1 Å². The molecule has 1 fully saturated rings. The summed E-state index contributed by atoms with van der Waals surface area (Å²) in [7, 11) is 0. The van der Waals surface area contributed by atoms with Gasteiger partial charge < -0.3 is 4.98 Å². The largest absolute Gasteiger partial charge is 0.361 e. The van der Waals surface area contributed by atoms with Crippen LogP contribution < -0.4 is 5.43 Å². The van der Waals surface area contributed by atoms with Gasteiger partial charge in [-0.05, 0) is 38.1 Å². The van der Waals surface area contributed by atoms with Crippen LogP contribution in [-0.4, -0.2) is 23.0 Å². The lowest BCUT2D eigenvalue weighted by Gasteiger charge is -2.14. The van der Waals surface area contributed by atoms with Gasteiger partial charge in [-0.3, -0.25) is 9.69 Å². The smallest absolute Gasteiger partial charge is 0.193 e. The van der Waals surface area contributed by atoms with Crippen molar-refractivity contribution >= 4 is 10.9 Å². The lowest BCUT2D eigenvalue weighted by molar-refractivity contribution is 0.330. The molecule has 3 rings (SSSR count). The minimum absolute atomic E-state index is 0.172. The molecule has 0 aliphatic carbocycles. The maximum atomic E-state index is 12.3. The second-order valence-corrected chi connectivity index (χ2v) is 4.67. The molecule has 1 aliphatic rings. The van der Waals surface area contributed by atoms with Crippen molar-refractivity contribution in [2.24, 2.45) is 0 Å². The molecule has 1 N–H and O–H groups in total. The molecule has 0 saturated carbocycles. The van der Waals surface area contributed by atoms with Gasteiger partial charge in [0, 0.05) is 29.2 Å². The second-order valence-electron chi connectivity index (χ2n) is 4.67. The molecule has 0 amide bonds. The fourth-order valence-electron chi connectivity index (χ4n) is 2.51. The zero-order valence-electron chi connectivity index (χ0n) is 9.78. The third-order valence-electron chi connectivity index (χ3n) is 3.46. The number of rotatable bonds is 2. The highest BCUT2D eigenvalue weighted by molar-refractivity contribution is 5.78. The number of likely N-dealkylation sites (tertiary alicyclic amines) is 1.